The summed E-state index contributed by atoms with van der Waals surface area (Å²) in [4.78, 5) is 36.5. The van der Waals surface area contributed by atoms with Crippen molar-refractivity contribution in [3.05, 3.63) is 90.0 Å². The molecule has 0 aliphatic heterocycles. The largest absolute Gasteiger partial charge is 0.478 e. The number of amides is 2. The highest BCUT2D eigenvalue weighted by atomic mass is 32.2. The second-order valence-electron chi connectivity index (χ2n) is 6.07. The summed E-state index contributed by atoms with van der Waals surface area (Å²) in [5, 5.41) is 14.4. The fourth-order valence-corrected chi connectivity index (χ4v) is 3.22. The molecule has 0 fully saturated rings. The van der Waals surface area contributed by atoms with Gasteiger partial charge in [-0.15, -0.1) is 11.8 Å². The molecular formula is C22H18N2O4S. The lowest BCUT2D eigenvalue weighted by Gasteiger charge is -2.09. The van der Waals surface area contributed by atoms with Crippen molar-refractivity contribution in [3.63, 3.8) is 0 Å². The minimum atomic E-state index is -1.03. The van der Waals surface area contributed by atoms with Crippen LogP contribution in [0.25, 0.3) is 0 Å². The zero-order valence-electron chi connectivity index (χ0n) is 15.3. The minimum absolute atomic E-state index is 0.140. The molecule has 3 aromatic rings. The summed E-state index contributed by atoms with van der Waals surface area (Å²) in [5.41, 5.74) is 1.52. The lowest BCUT2D eigenvalue weighted by atomic mass is 10.1. The van der Waals surface area contributed by atoms with E-state index in [1.165, 1.54) is 36.0 Å². The first-order valence-corrected chi connectivity index (χ1v) is 9.72. The number of carbonyl (C=O) groups is 3. The molecule has 7 heteroatoms. The topological polar surface area (TPSA) is 95.5 Å². The van der Waals surface area contributed by atoms with Crippen LogP contribution in [-0.4, -0.2) is 28.6 Å². The Morgan fingerprint density at radius 3 is 2.17 bits per heavy atom. The summed E-state index contributed by atoms with van der Waals surface area (Å²) in [5.74, 6) is -1.30. The quantitative estimate of drug-likeness (QED) is 0.507. The normalized spacial score (nSPS) is 10.2. The van der Waals surface area contributed by atoms with Gasteiger partial charge in [0.2, 0.25) is 5.91 Å². The molecule has 0 atom stereocenters. The van der Waals surface area contributed by atoms with Gasteiger partial charge >= 0.3 is 5.97 Å². The van der Waals surface area contributed by atoms with E-state index in [1.54, 1.807) is 24.3 Å². The summed E-state index contributed by atoms with van der Waals surface area (Å²) < 4.78 is 0. The molecule has 3 aromatic carbocycles. The maximum atomic E-state index is 12.4. The van der Waals surface area contributed by atoms with E-state index in [2.05, 4.69) is 10.6 Å². The second kappa shape index (κ2) is 9.57. The molecule has 6 nitrogen and oxygen atoms in total. The molecule has 0 saturated heterocycles. The first-order valence-electron chi connectivity index (χ1n) is 8.74. The van der Waals surface area contributed by atoms with Crippen molar-refractivity contribution in [2.24, 2.45) is 0 Å². The van der Waals surface area contributed by atoms with Crippen LogP contribution in [0.5, 0.6) is 0 Å². The Bertz CT molecular complexity index is 1020. The van der Waals surface area contributed by atoms with E-state index in [9.17, 15) is 14.4 Å². The fraction of sp³-hybridized carbons (Fsp3) is 0.0455. The molecule has 0 radical (unpaired) electrons. The van der Waals surface area contributed by atoms with Crippen LogP contribution in [0.15, 0.2) is 83.8 Å². The van der Waals surface area contributed by atoms with Gasteiger partial charge in [0.15, 0.2) is 0 Å². The molecular weight excluding hydrogens is 388 g/mol. The van der Waals surface area contributed by atoms with Crippen molar-refractivity contribution >= 4 is 40.9 Å². The van der Waals surface area contributed by atoms with Crippen LogP contribution in [0.2, 0.25) is 0 Å². The third-order valence-electron chi connectivity index (χ3n) is 3.91. The standard InChI is InChI=1S/C22H18N2O4S/c25-20(14-29-19-7-2-1-3-8-19)23-18-6-4-5-16(13-18)21(26)24-17-11-9-15(10-12-17)22(27)28/h1-13H,14H2,(H,23,25)(H,24,26)(H,27,28). The van der Waals surface area contributed by atoms with E-state index < -0.39 is 5.97 Å². The SMILES string of the molecule is O=C(CSc1ccccc1)Nc1cccc(C(=O)Nc2ccc(C(=O)O)cc2)c1. The van der Waals surface area contributed by atoms with Crippen LogP contribution in [-0.2, 0) is 4.79 Å². The summed E-state index contributed by atoms with van der Waals surface area (Å²) >= 11 is 1.43. The summed E-state index contributed by atoms with van der Waals surface area (Å²) in [7, 11) is 0. The third-order valence-corrected chi connectivity index (χ3v) is 4.92. The molecule has 146 valence electrons. The van der Waals surface area contributed by atoms with Gasteiger partial charge in [0.05, 0.1) is 11.3 Å². The number of carboxylic acids is 1. The molecule has 0 saturated carbocycles. The first kappa shape index (κ1) is 20.2. The number of thioether (sulfide) groups is 1. The number of hydrogen-bond donors (Lipinski definition) is 3. The van der Waals surface area contributed by atoms with Gasteiger partial charge < -0.3 is 15.7 Å². The Labute approximate surface area is 172 Å². The van der Waals surface area contributed by atoms with E-state index in [4.69, 9.17) is 5.11 Å². The predicted molar refractivity (Wildman–Crippen MR) is 114 cm³/mol. The molecule has 0 bridgehead atoms. The van der Waals surface area contributed by atoms with Gasteiger partial charge in [-0.2, -0.15) is 0 Å². The highest BCUT2D eigenvalue weighted by Crippen LogP contribution is 2.18. The Morgan fingerprint density at radius 1 is 0.759 bits per heavy atom. The lowest BCUT2D eigenvalue weighted by molar-refractivity contribution is -0.113. The Morgan fingerprint density at radius 2 is 1.48 bits per heavy atom. The van der Waals surface area contributed by atoms with Crippen LogP contribution < -0.4 is 10.6 Å². The van der Waals surface area contributed by atoms with Gasteiger partial charge in [-0.05, 0) is 54.6 Å². The molecule has 0 spiro atoms. The Kier molecular flexibility index (Phi) is 6.65. The van der Waals surface area contributed by atoms with Gasteiger partial charge in [0.25, 0.3) is 5.91 Å². The number of benzene rings is 3. The van der Waals surface area contributed by atoms with Gasteiger partial charge in [-0.3, -0.25) is 9.59 Å². The average molecular weight is 406 g/mol. The highest BCUT2D eigenvalue weighted by Gasteiger charge is 2.10. The molecule has 0 unspecified atom stereocenters. The molecule has 29 heavy (non-hydrogen) atoms. The maximum absolute atomic E-state index is 12.4. The van der Waals surface area contributed by atoms with Crippen molar-refractivity contribution in [2.75, 3.05) is 16.4 Å². The summed E-state index contributed by atoms with van der Waals surface area (Å²) in [6, 6.07) is 22.1. The summed E-state index contributed by atoms with van der Waals surface area (Å²) in [6.07, 6.45) is 0. The van der Waals surface area contributed by atoms with Crippen LogP contribution in [0.3, 0.4) is 0 Å². The number of carbonyl (C=O) groups excluding carboxylic acids is 2. The van der Waals surface area contributed by atoms with Crippen LogP contribution >= 0.6 is 11.8 Å². The fourth-order valence-electron chi connectivity index (χ4n) is 2.50. The number of anilines is 2. The van der Waals surface area contributed by atoms with Crippen molar-refractivity contribution in [2.45, 2.75) is 4.90 Å². The molecule has 0 aromatic heterocycles. The van der Waals surface area contributed by atoms with E-state index in [1.807, 2.05) is 30.3 Å². The maximum Gasteiger partial charge on any atom is 0.335 e. The van der Waals surface area contributed by atoms with E-state index in [0.717, 1.165) is 4.90 Å². The number of rotatable bonds is 7. The van der Waals surface area contributed by atoms with Crippen LogP contribution in [0.1, 0.15) is 20.7 Å². The molecule has 3 N–H and O–H groups in total. The molecule has 0 aliphatic rings. The average Bonchev–Trinajstić information content (AvgIpc) is 2.73. The molecule has 0 aliphatic carbocycles. The second-order valence-corrected chi connectivity index (χ2v) is 7.12. The smallest absolute Gasteiger partial charge is 0.335 e. The van der Waals surface area contributed by atoms with Crippen molar-refractivity contribution in [1.29, 1.82) is 0 Å². The monoisotopic (exact) mass is 406 g/mol. The number of hydrogen-bond acceptors (Lipinski definition) is 4. The number of aromatic carboxylic acids is 1. The third kappa shape index (κ3) is 5.95. The van der Waals surface area contributed by atoms with Gasteiger partial charge in [0.1, 0.15) is 0 Å². The first-order chi connectivity index (χ1) is 14.0. The Hall–Kier alpha value is -3.58. The van der Waals surface area contributed by atoms with E-state index >= 15 is 0 Å². The predicted octanol–water partition coefficient (Wildman–Crippen LogP) is 4.37. The van der Waals surface area contributed by atoms with Gasteiger partial charge in [-0.1, -0.05) is 24.3 Å². The molecule has 2 amide bonds. The molecule has 3 rings (SSSR count). The van der Waals surface area contributed by atoms with Crippen LogP contribution in [0, 0.1) is 0 Å². The zero-order chi connectivity index (χ0) is 20.6. The van der Waals surface area contributed by atoms with Crippen molar-refractivity contribution in [1.82, 2.24) is 0 Å². The Balaban J connectivity index is 1.58. The van der Waals surface area contributed by atoms with Crippen molar-refractivity contribution in [3.8, 4) is 0 Å². The number of nitrogens with one attached hydrogen (secondary N) is 2. The lowest BCUT2D eigenvalue weighted by Crippen LogP contribution is -2.16. The van der Waals surface area contributed by atoms with Gasteiger partial charge in [-0.25, -0.2) is 4.79 Å². The van der Waals surface area contributed by atoms with Crippen molar-refractivity contribution < 1.29 is 19.5 Å². The zero-order valence-corrected chi connectivity index (χ0v) is 16.1. The highest BCUT2D eigenvalue weighted by molar-refractivity contribution is 8.00. The van der Waals surface area contributed by atoms with Gasteiger partial charge in [0, 0.05) is 21.8 Å². The molecule has 0 heterocycles. The number of carboxylic acid groups (broad SMARTS) is 1. The van der Waals surface area contributed by atoms with E-state index in [0.29, 0.717) is 16.9 Å². The summed E-state index contributed by atoms with van der Waals surface area (Å²) in [6.45, 7) is 0. The van der Waals surface area contributed by atoms with Crippen LogP contribution in [0.4, 0.5) is 11.4 Å². The minimum Gasteiger partial charge on any atom is -0.478 e. The van der Waals surface area contributed by atoms with E-state index in [-0.39, 0.29) is 23.1 Å².